The Bertz CT molecular complexity index is 1080. The molecule has 0 saturated heterocycles. The van der Waals surface area contributed by atoms with E-state index in [-0.39, 0.29) is 42.2 Å². The van der Waals surface area contributed by atoms with Gasteiger partial charge in [-0.1, -0.05) is 22.9 Å². The normalized spacial score (nSPS) is 21.6. The Morgan fingerprint density at radius 1 is 1.31 bits per heavy atom. The monoisotopic (exact) mass is 528 g/mol. The summed E-state index contributed by atoms with van der Waals surface area (Å²) in [6.45, 7) is 3.46. The number of sulfonamides is 1. The van der Waals surface area contributed by atoms with Gasteiger partial charge in [-0.05, 0) is 49.4 Å². The van der Waals surface area contributed by atoms with E-state index in [1.54, 1.807) is 26.1 Å². The lowest BCUT2D eigenvalue weighted by Gasteiger charge is -2.37. The van der Waals surface area contributed by atoms with Crippen molar-refractivity contribution in [2.45, 2.75) is 30.9 Å². The van der Waals surface area contributed by atoms with Gasteiger partial charge in [-0.15, -0.1) is 0 Å². The quantitative estimate of drug-likeness (QED) is 0.644. The second kappa shape index (κ2) is 9.86. The molecule has 1 heterocycles. The average molecular weight is 529 g/mol. The second-order valence-corrected chi connectivity index (χ2v) is 10.8. The van der Waals surface area contributed by atoms with Crippen LogP contribution in [0.5, 0.6) is 5.75 Å². The van der Waals surface area contributed by atoms with Crippen LogP contribution in [0.2, 0.25) is 0 Å². The number of amides is 1. The number of nitrogens with zero attached hydrogens (tertiary/aromatic N) is 2. The number of aliphatic hydroxyl groups excluding tert-OH is 1. The number of ether oxygens (including phenoxy) is 1. The maximum Gasteiger partial charge on any atom is 0.253 e. The topological polar surface area (TPSA) is 87.2 Å². The third kappa shape index (κ3) is 5.14. The Morgan fingerprint density at radius 3 is 2.59 bits per heavy atom. The van der Waals surface area contributed by atoms with Crippen molar-refractivity contribution < 1.29 is 27.4 Å². The molecule has 0 aliphatic carbocycles. The Morgan fingerprint density at radius 2 is 1.97 bits per heavy atom. The summed E-state index contributed by atoms with van der Waals surface area (Å²) >= 11 is 3.35. The van der Waals surface area contributed by atoms with E-state index < -0.39 is 28.0 Å². The van der Waals surface area contributed by atoms with E-state index in [0.717, 1.165) is 0 Å². The molecule has 0 radical (unpaired) electrons. The molecule has 1 aliphatic heterocycles. The lowest BCUT2D eigenvalue weighted by molar-refractivity contribution is 0.0563. The fourth-order valence-corrected chi connectivity index (χ4v) is 5.75. The van der Waals surface area contributed by atoms with Crippen LogP contribution in [0.15, 0.2) is 51.8 Å². The Kier molecular flexibility index (Phi) is 7.59. The molecule has 0 saturated carbocycles. The summed E-state index contributed by atoms with van der Waals surface area (Å²) in [5.41, 5.74) is 0.341. The van der Waals surface area contributed by atoms with Gasteiger partial charge in [0.25, 0.3) is 5.91 Å². The number of halogens is 2. The minimum absolute atomic E-state index is 0.00501. The Balaban J connectivity index is 1.95. The highest BCUT2D eigenvalue weighted by atomic mass is 79.9. The predicted molar refractivity (Wildman–Crippen MR) is 122 cm³/mol. The van der Waals surface area contributed by atoms with Gasteiger partial charge >= 0.3 is 0 Å². The maximum atomic E-state index is 13.3. The number of rotatable bonds is 5. The SMILES string of the molecule is C[C@H](CO)N1C[C@H](C)[C@@H](CN(C)C(=O)c2ccc(F)cc2)Oc2cc(Br)ccc2S1(=O)=O. The van der Waals surface area contributed by atoms with E-state index in [2.05, 4.69) is 15.9 Å². The van der Waals surface area contributed by atoms with E-state index in [9.17, 15) is 22.7 Å². The summed E-state index contributed by atoms with van der Waals surface area (Å²) in [5, 5.41) is 9.66. The molecule has 3 rings (SSSR count). The van der Waals surface area contributed by atoms with Gasteiger partial charge in [-0.2, -0.15) is 4.31 Å². The molecule has 174 valence electrons. The lowest BCUT2D eigenvalue weighted by atomic mass is 10.0. The molecule has 0 unspecified atom stereocenters. The van der Waals surface area contributed by atoms with Gasteiger partial charge < -0.3 is 14.7 Å². The third-order valence-corrected chi connectivity index (χ3v) is 8.03. The first-order valence-corrected chi connectivity index (χ1v) is 12.4. The molecule has 7 nitrogen and oxygen atoms in total. The van der Waals surface area contributed by atoms with Gasteiger partial charge in [0.2, 0.25) is 10.0 Å². The summed E-state index contributed by atoms with van der Waals surface area (Å²) in [5.74, 6) is -0.851. The molecule has 1 aliphatic rings. The zero-order valence-electron chi connectivity index (χ0n) is 18.0. The minimum Gasteiger partial charge on any atom is -0.487 e. The van der Waals surface area contributed by atoms with Crippen LogP contribution < -0.4 is 4.74 Å². The average Bonchev–Trinajstić information content (AvgIpc) is 2.75. The first-order valence-electron chi connectivity index (χ1n) is 10.1. The van der Waals surface area contributed by atoms with Crippen molar-refractivity contribution in [1.29, 1.82) is 0 Å². The first kappa shape index (κ1) is 24.6. The van der Waals surface area contributed by atoms with Crippen LogP contribution in [0.25, 0.3) is 0 Å². The van der Waals surface area contributed by atoms with Crippen molar-refractivity contribution in [2.75, 3.05) is 26.7 Å². The van der Waals surface area contributed by atoms with Crippen molar-refractivity contribution in [3.8, 4) is 5.75 Å². The van der Waals surface area contributed by atoms with Crippen LogP contribution in [0.4, 0.5) is 4.39 Å². The smallest absolute Gasteiger partial charge is 0.253 e. The van der Waals surface area contributed by atoms with Crippen molar-refractivity contribution in [3.05, 3.63) is 58.3 Å². The highest BCUT2D eigenvalue weighted by molar-refractivity contribution is 9.10. The molecule has 0 fully saturated rings. The van der Waals surface area contributed by atoms with Crippen LogP contribution in [0, 0.1) is 11.7 Å². The van der Waals surface area contributed by atoms with Gasteiger partial charge in [0.15, 0.2) is 0 Å². The number of benzene rings is 2. The summed E-state index contributed by atoms with van der Waals surface area (Å²) in [6, 6.07) is 9.32. The van der Waals surface area contributed by atoms with Gasteiger partial charge in [-0.25, -0.2) is 12.8 Å². The fraction of sp³-hybridized carbons (Fsp3) is 0.409. The van der Waals surface area contributed by atoms with Crippen LogP contribution in [0.3, 0.4) is 0 Å². The van der Waals surface area contributed by atoms with Gasteiger partial charge in [0.05, 0.1) is 13.2 Å². The van der Waals surface area contributed by atoms with E-state index in [1.165, 1.54) is 39.5 Å². The summed E-state index contributed by atoms with van der Waals surface area (Å²) in [6.07, 6.45) is -0.527. The van der Waals surface area contributed by atoms with Crippen molar-refractivity contribution in [2.24, 2.45) is 5.92 Å². The number of aliphatic hydroxyl groups is 1. The predicted octanol–water partition coefficient (Wildman–Crippen LogP) is 3.13. The number of hydrogen-bond donors (Lipinski definition) is 1. The molecule has 10 heteroatoms. The number of fused-ring (bicyclic) bond motifs is 1. The summed E-state index contributed by atoms with van der Waals surface area (Å²) in [7, 11) is -2.29. The molecule has 2 aromatic carbocycles. The first-order chi connectivity index (χ1) is 15.0. The number of likely N-dealkylation sites (N-methyl/N-ethyl adjacent to an activating group) is 1. The van der Waals surface area contributed by atoms with Crippen molar-refractivity contribution in [1.82, 2.24) is 9.21 Å². The van der Waals surface area contributed by atoms with Crippen LogP contribution in [-0.4, -0.2) is 67.5 Å². The third-order valence-electron chi connectivity index (χ3n) is 5.52. The molecule has 1 N–H and O–H groups in total. The molecule has 1 amide bonds. The Hall–Kier alpha value is -2.01. The highest BCUT2D eigenvalue weighted by Gasteiger charge is 2.38. The largest absolute Gasteiger partial charge is 0.487 e. The van der Waals surface area contributed by atoms with Gasteiger partial charge in [0, 0.05) is 35.6 Å². The van der Waals surface area contributed by atoms with Crippen molar-refractivity contribution in [3.63, 3.8) is 0 Å². The molecule has 2 aromatic rings. The highest BCUT2D eigenvalue weighted by Crippen LogP contribution is 2.35. The molecular formula is C22H26BrFN2O5S. The van der Waals surface area contributed by atoms with Gasteiger partial charge in [0.1, 0.15) is 22.6 Å². The number of hydrogen-bond acceptors (Lipinski definition) is 5. The van der Waals surface area contributed by atoms with E-state index in [0.29, 0.717) is 10.0 Å². The second-order valence-electron chi connectivity index (χ2n) is 8.02. The minimum atomic E-state index is -3.91. The molecule has 32 heavy (non-hydrogen) atoms. The molecule has 0 aromatic heterocycles. The fourth-order valence-electron chi connectivity index (χ4n) is 3.58. The zero-order valence-corrected chi connectivity index (χ0v) is 20.4. The standard InChI is InChI=1S/C22H26BrFN2O5S/c1-14-11-26(15(2)13-27)32(29,30)21-9-6-17(23)10-19(21)31-20(14)12-25(3)22(28)16-4-7-18(24)8-5-16/h4-10,14-15,20,27H,11-13H2,1-3H3/t14-,15+,20+/m0/s1. The van der Waals surface area contributed by atoms with Crippen LogP contribution in [0.1, 0.15) is 24.2 Å². The Labute approximate surface area is 196 Å². The maximum absolute atomic E-state index is 13.3. The van der Waals surface area contributed by atoms with E-state index in [4.69, 9.17) is 4.74 Å². The number of carbonyl (C=O) groups excluding carboxylic acids is 1. The number of carbonyl (C=O) groups is 1. The van der Waals surface area contributed by atoms with Gasteiger partial charge in [-0.3, -0.25) is 4.79 Å². The van der Waals surface area contributed by atoms with Crippen LogP contribution >= 0.6 is 15.9 Å². The van der Waals surface area contributed by atoms with E-state index in [1.807, 2.05) is 6.92 Å². The summed E-state index contributed by atoms with van der Waals surface area (Å²) < 4.78 is 47.9. The lowest BCUT2D eigenvalue weighted by Crippen LogP contribution is -2.50. The van der Waals surface area contributed by atoms with Crippen LogP contribution in [-0.2, 0) is 10.0 Å². The molecule has 0 bridgehead atoms. The molecule has 0 spiro atoms. The van der Waals surface area contributed by atoms with Crippen molar-refractivity contribution >= 4 is 31.9 Å². The zero-order chi connectivity index (χ0) is 23.6. The molecule has 3 atom stereocenters. The summed E-state index contributed by atoms with van der Waals surface area (Å²) in [4.78, 5) is 14.3. The van der Waals surface area contributed by atoms with E-state index >= 15 is 0 Å². The molecular weight excluding hydrogens is 503 g/mol.